The maximum absolute atomic E-state index is 6.63. The Morgan fingerprint density at radius 2 is 1.31 bits per heavy atom. The predicted molar refractivity (Wildman–Crippen MR) is 196 cm³/mol. The Labute approximate surface area is 277 Å². The molecule has 10 rings (SSSR count). The Morgan fingerprint density at radius 3 is 2.23 bits per heavy atom. The average Bonchev–Trinajstić information content (AvgIpc) is 3.79. The molecule has 0 atom stereocenters. The van der Waals surface area contributed by atoms with Crippen molar-refractivity contribution in [1.82, 2.24) is 4.98 Å². The normalized spacial score (nSPS) is 13.4. The number of hydrogen-bond donors (Lipinski definition) is 0. The molecular formula is C44H30N2O2. The van der Waals surface area contributed by atoms with E-state index in [4.69, 9.17) is 13.8 Å². The Hall–Kier alpha value is -6.13. The van der Waals surface area contributed by atoms with Crippen LogP contribution < -0.4 is 4.90 Å². The molecule has 0 N–H and O–H groups in total. The molecule has 2 aromatic heterocycles. The van der Waals surface area contributed by atoms with Crippen molar-refractivity contribution in [3.8, 4) is 22.6 Å². The summed E-state index contributed by atoms with van der Waals surface area (Å²) < 4.78 is 13.1. The van der Waals surface area contributed by atoms with Crippen LogP contribution in [0, 0.1) is 0 Å². The van der Waals surface area contributed by atoms with E-state index < -0.39 is 0 Å². The second-order valence-electron chi connectivity index (χ2n) is 13.2. The van der Waals surface area contributed by atoms with Gasteiger partial charge >= 0.3 is 0 Å². The molecular weight excluding hydrogens is 588 g/mol. The molecule has 2 heterocycles. The van der Waals surface area contributed by atoms with Gasteiger partial charge in [0, 0.05) is 39.2 Å². The number of fused-ring (bicyclic) bond motifs is 9. The van der Waals surface area contributed by atoms with Gasteiger partial charge in [-0.3, -0.25) is 0 Å². The Bertz CT molecular complexity index is 2720. The van der Waals surface area contributed by atoms with E-state index in [-0.39, 0.29) is 5.41 Å². The van der Waals surface area contributed by atoms with Gasteiger partial charge in [0.1, 0.15) is 16.7 Å². The van der Waals surface area contributed by atoms with Crippen LogP contribution in [0.15, 0.2) is 154 Å². The third-order valence-electron chi connectivity index (χ3n) is 10.1. The van der Waals surface area contributed by atoms with Gasteiger partial charge in [-0.25, -0.2) is 4.98 Å². The highest BCUT2D eigenvalue weighted by atomic mass is 16.3. The first-order valence-electron chi connectivity index (χ1n) is 16.4. The van der Waals surface area contributed by atoms with Gasteiger partial charge in [-0.2, -0.15) is 0 Å². The summed E-state index contributed by atoms with van der Waals surface area (Å²) in [6.45, 7) is 4.65. The lowest BCUT2D eigenvalue weighted by Crippen LogP contribution is -2.16. The van der Waals surface area contributed by atoms with Crippen molar-refractivity contribution in [3.63, 3.8) is 0 Å². The molecule has 0 aliphatic heterocycles. The van der Waals surface area contributed by atoms with Crippen LogP contribution >= 0.6 is 0 Å². The highest BCUT2D eigenvalue weighted by molar-refractivity contribution is 6.13. The zero-order valence-electron chi connectivity index (χ0n) is 26.6. The molecule has 0 spiro atoms. The summed E-state index contributed by atoms with van der Waals surface area (Å²) in [7, 11) is 0. The van der Waals surface area contributed by atoms with Crippen molar-refractivity contribution in [2.75, 3.05) is 4.90 Å². The lowest BCUT2D eigenvalue weighted by atomic mass is 9.82. The van der Waals surface area contributed by atoms with Crippen LogP contribution in [0.2, 0.25) is 0 Å². The first-order chi connectivity index (χ1) is 23.5. The van der Waals surface area contributed by atoms with Crippen LogP contribution in [0.25, 0.3) is 66.4 Å². The molecule has 0 saturated carbocycles. The number of anilines is 3. The fourth-order valence-electron chi connectivity index (χ4n) is 7.74. The lowest BCUT2D eigenvalue weighted by Gasteiger charge is -2.29. The molecule has 0 bridgehead atoms. The van der Waals surface area contributed by atoms with Crippen molar-refractivity contribution < 1.29 is 8.83 Å². The topological polar surface area (TPSA) is 42.4 Å². The van der Waals surface area contributed by atoms with E-state index in [0.717, 1.165) is 66.4 Å². The first-order valence-corrected chi connectivity index (χ1v) is 16.4. The predicted octanol–water partition coefficient (Wildman–Crippen LogP) is 12.3. The number of rotatable bonds is 4. The monoisotopic (exact) mass is 618 g/mol. The summed E-state index contributed by atoms with van der Waals surface area (Å²) in [4.78, 5) is 7.28. The molecule has 9 aromatic rings. The number of furan rings is 1. The zero-order chi connectivity index (χ0) is 32.0. The van der Waals surface area contributed by atoms with Gasteiger partial charge < -0.3 is 13.7 Å². The second-order valence-corrected chi connectivity index (χ2v) is 13.2. The van der Waals surface area contributed by atoms with Crippen LogP contribution in [0.1, 0.15) is 25.0 Å². The lowest BCUT2D eigenvalue weighted by molar-refractivity contribution is 0.623. The van der Waals surface area contributed by atoms with E-state index in [2.05, 4.69) is 122 Å². The maximum Gasteiger partial charge on any atom is 0.227 e. The van der Waals surface area contributed by atoms with E-state index >= 15 is 0 Å². The number of hydrogen-bond acceptors (Lipinski definition) is 4. The van der Waals surface area contributed by atoms with Crippen LogP contribution in [-0.2, 0) is 5.41 Å². The van der Waals surface area contributed by atoms with Gasteiger partial charge in [-0.05, 0) is 82.2 Å². The average molecular weight is 619 g/mol. The van der Waals surface area contributed by atoms with E-state index in [1.54, 1.807) is 0 Å². The Balaban J connectivity index is 1.25. The molecule has 4 nitrogen and oxygen atoms in total. The molecule has 1 aliphatic carbocycles. The molecule has 7 aromatic carbocycles. The quantitative estimate of drug-likeness (QED) is 0.197. The fraction of sp³-hybridized carbons (Fsp3) is 0.0682. The van der Waals surface area contributed by atoms with Gasteiger partial charge in [-0.1, -0.05) is 98.8 Å². The molecule has 0 fully saturated rings. The molecule has 1 aliphatic rings. The first kappa shape index (κ1) is 27.0. The van der Waals surface area contributed by atoms with E-state index in [1.165, 1.54) is 22.3 Å². The minimum Gasteiger partial charge on any atom is -0.456 e. The molecule has 4 heteroatoms. The number of benzene rings is 7. The van der Waals surface area contributed by atoms with Gasteiger partial charge in [0.2, 0.25) is 5.89 Å². The molecule has 48 heavy (non-hydrogen) atoms. The third-order valence-corrected chi connectivity index (χ3v) is 10.1. The Morgan fingerprint density at radius 1 is 0.562 bits per heavy atom. The zero-order valence-corrected chi connectivity index (χ0v) is 26.6. The van der Waals surface area contributed by atoms with Crippen LogP contribution in [0.4, 0.5) is 17.1 Å². The van der Waals surface area contributed by atoms with Gasteiger partial charge in [0.15, 0.2) is 5.58 Å². The van der Waals surface area contributed by atoms with E-state index in [1.807, 2.05) is 42.5 Å². The largest absolute Gasteiger partial charge is 0.456 e. The molecule has 0 radical (unpaired) electrons. The van der Waals surface area contributed by atoms with Crippen molar-refractivity contribution in [2.24, 2.45) is 0 Å². The summed E-state index contributed by atoms with van der Waals surface area (Å²) in [6, 6.07) is 51.2. The molecule has 0 saturated heterocycles. The van der Waals surface area contributed by atoms with Crippen LogP contribution in [0.5, 0.6) is 0 Å². The number of oxazole rings is 1. The fourth-order valence-corrected chi connectivity index (χ4v) is 7.74. The van der Waals surface area contributed by atoms with Crippen LogP contribution in [-0.4, -0.2) is 4.98 Å². The van der Waals surface area contributed by atoms with Gasteiger partial charge in [0.05, 0.1) is 11.1 Å². The summed E-state index contributed by atoms with van der Waals surface area (Å²) in [5, 5.41) is 4.31. The van der Waals surface area contributed by atoms with Crippen LogP contribution in [0.3, 0.4) is 0 Å². The SMILES string of the molecule is CC1(C)c2ccccc2-c2ccc(N(c3ccc4c(c3)oc3ccccc34)c3cccc4ccc5nc(-c6ccccc6)oc5c34)cc21. The van der Waals surface area contributed by atoms with E-state index in [0.29, 0.717) is 5.89 Å². The minimum atomic E-state index is -0.141. The highest BCUT2D eigenvalue weighted by Crippen LogP contribution is 2.51. The third kappa shape index (κ3) is 3.86. The highest BCUT2D eigenvalue weighted by Gasteiger charge is 2.36. The van der Waals surface area contributed by atoms with Gasteiger partial charge in [0.25, 0.3) is 0 Å². The molecule has 228 valence electrons. The smallest absolute Gasteiger partial charge is 0.227 e. The summed E-state index contributed by atoms with van der Waals surface area (Å²) in [5.41, 5.74) is 12.5. The molecule has 0 unspecified atom stereocenters. The van der Waals surface area contributed by atoms with Crippen molar-refractivity contribution in [2.45, 2.75) is 19.3 Å². The maximum atomic E-state index is 6.63. The molecule has 0 amide bonds. The van der Waals surface area contributed by atoms with Gasteiger partial charge in [-0.15, -0.1) is 0 Å². The number of para-hydroxylation sites is 1. The minimum absolute atomic E-state index is 0.141. The number of nitrogens with zero attached hydrogens (tertiary/aromatic N) is 2. The Kier molecular flexibility index (Phi) is 5.59. The summed E-state index contributed by atoms with van der Waals surface area (Å²) in [6.07, 6.45) is 0. The second kappa shape index (κ2) is 9.93. The van der Waals surface area contributed by atoms with E-state index in [9.17, 15) is 0 Å². The standard InChI is InChI=1S/C44H30N2O2/c1-44(2)35-16-8-6-14-31(35)32-22-20-29(25-36(32)44)46(30-21-23-34-33-15-7-9-18-39(33)47-40(34)26-30)38-17-10-13-27-19-24-37-42(41(27)38)48-43(45-37)28-11-4-3-5-12-28/h3-26H,1-2H3. The van der Waals surface area contributed by atoms with Crippen molar-refractivity contribution >= 4 is 60.9 Å². The summed E-state index contributed by atoms with van der Waals surface area (Å²) in [5.74, 6) is 0.611. The van der Waals surface area contributed by atoms with Crippen molar-refractivity contribution in [3.05, 3.63) is 157 Å². The summed E-state index contributed by atoms with van der Waals surface area (Å²) >= 11 is 0. The number of aromatic nitrogens is 1. The van der Waals surface area contributed by atoms with Crippen molar-refractivity contribution in [1.29, 1.82) is 0 Å².